The number of benzene rings is 2. The van der Waals surface area contributed by atoms with Crippen molar-refractivity contribution in [3.05, 3.63) is 66.2 Å². The molecule has 7 nitrogen and oxygen atoms in total. The van der Waals surface area contributed by atoms with Gasteiger partial charge in [-0.3, -0.25) is 5.32 Å². The second kappa shape index (κ2) is 7.31. The Balaban J connectivity index is 1.65. The zero-order valence-electron chi connectivity index (χ0n) is 13.4. The molecule has 0 unspecified atom stereocenters. The first-order valence-electron chi connectivity index (χ1n) is 7.44. The molecule has 0 saturated carbocycles. The number of hydrogen-bond acceptors (Lipinski definition) is 5. The Bertz CT molecular complexity index is 890. The number of ether oxygens (including phenoxy) is 1. The number of nitrogens with one attached hydrogen (secondary N) is 2. The number of amides is 2. The van der Waals surface area contributed by atoms with Gasteiger partial charge in [-0.05, 0) is 18.2 Å². The smallest absolute Gasteiger partial charge is 0.337 e. The van der Waals surface area contributed by atoms with E-state index in [0.29, 0.717) is 17.0 Å². The standard InChI is InChI=1S/C18H15N3O4/c1-24-17(22)13-8-5-9-14(10-13)19-18(23)20-16-11-15(25-21-16)12-6-3-2-4-7-12/h2-11H,1H3,(H2,19,20,21,23). The van der Waals surface area contributed by atoms with Crippen molar-refractivity contribution in [2.75, 3.05) is 17.7 Å². The van der Waals surface area contributed by atoms with E-state index in [4.69, 9.17) is 4.52 Å². The molecule has 1 aromatic heterocycles. The number of anilines is 2. The quantitative estimate of drug-likeness (QED) is 0.707. The molecule has 3 aromatic rings. The number of carbonyl (C=O) groups is 2. The summed E-state index contributed by atoms with van der Waals surface area (Å²) < 4.78 is 9.86. The first-order chi connectivity index (χ1) is 12.2. The van der Waals surface area contributed by atoms with Gasteiger partial charge in [0.1, 0.15) is 0 Å². The molecule has 2 N–H and O–H groups in total. The Hall–Kier alpha value is -3.61. The van der Waals surface area contributed by atoms with Crippen molar-refractivity contribution in [3.63, 3.8) is 0 Å². The van der Waals surface area contributed by atoms with Gasteiger partial charge in [-0.2, -0.15) is 0 Å². The van der Waals surface area contributed by atoms with Gasteiger partial charge in [0, 0.05) is 17.3 Å². The van der Waals surface area contributed by atoms with Gasteiger partial charge in [-0.15, -0.1) is 0 Å². The molecule has 0 saturated heterocycles. The molecule has 0 spiro atoms. The molecular weight excluding hydrogens is 322 g/mol. The number of carbonyl (C=O) groups excluding carboxylic acids is 2. The Morgan fingerprint density at radius 2 is 1.80 bits per heavy atom. The highest BCUT2D eigenvalue weighted by Crippen LogP contribution is 2.22. The molecule has 7 heteroatoms. The van der Waals surface area contributed by atoms with Crippen molar-refractivity contribution in [2.45, 2.75) is 0 Å². The minimum absolute atomic E-state index is 0.278. The van der Waals surface area contributed by atoms with E-state index in [1.54, 1.807) is 24.3 Å². The Morgan fingerprint density at radius 3 is 2.56 bits per heavy atom. The monoisotopic (exact) mass is 337 g/mol. The van der Waals surface area contributed by atoms with E-state index in [-0.39, 0.29) is 5.82 Å². The summed E-state index contributed by atoms with van der Waals surface area (Å²) in [6.45, 7) is 0. The van der Waals surface area contributed by atoms with Crippen molar-refractivity contribution in [3.8, 4) is 11.3 Å². The predicted molar refractivity (Wildman–Crippen MR) is 92.4 cm³/mol. The molecule has 0 fully saturated rings. The number of methoxy groups -OCH3 is 1. The number of esters is 1. The zero-order chi connectivity index (χ0) is 17.6. The largest absolute Gasteiger partial charge is 0.465 e. The normalized spacial score (nSPS) is 10.1. The van der Waals surface area contributed by atoms with Gasteiger partial charge in [-0.25, -0.2) is 9.59 Å². The van der Waals surface area contributed by atoms with Gasteiger partial charge < -0.3 is 14.6 Å². The second-order valence-corrected chi connectivity index (χ2v) is 5.09. The molecule has 3 rings (SSSR count). The number of nitrogens with zero attached hydrogens (tertiary/aromatic N) is 1. The number of aromatic nitrogens is 1. The lowest BCUT2D eigenvalue weighted by atomic mass is 10.2. The first-order valence-corrected chi connectivity index (χ1v) is 7.44. The molecule has 2 aromatic carbocycles. The van der Waals surface area contributed by atoms with Crippen LogP contribution in [0.25, 0.3) is 11.3 Å². The lowest BCUT2D eigenvalue weighted by Gasteiger charge is -2.06. The third kappa shape index (κ3) is 4.03. The van der Waals surface area contributed by atoms with E-state index < -0.39 is 12.0 Å². The van der Waals surface area contributed by atoms with Gasteiger partial charge in [-0.1, -0.05) is 41.6 Å². The fourth-order valence-corrected chi connectivity index (χ4v) is 2.19. The predicted octanol–water partition coefficient (Wildman–Crippen LogP) is 3.77. The van der Waals surface area contributed by atoms with Crippen molar-refractivity contribution in [2.24, 2.45) is 0 Å². The minimum atomic E-state index is -0.505. The van der Waals surface area contributed by atoms with Crippen LogP contribution in [0.3, 0.4) is 0 Å². The number of hydrogen-bond donors (Lipinski definition) is 2. The molecule has 0 aliphatic heterocycles. The molecule has 2 amide bonds. The molecule has 0 bridgehead atoms. The summed E-state index contributed by atoms with van der Waals surface area (Å²) in [5, 5.41) is 9.00. The number of rotatable bonds is 4. The molecular formula is C18H15N3O4. The van der Waals surface area contributed by atoms with E-state index in [2.05, 4.69) is 20.5 Å². The molecule has 0 aliphatic carbocycles. The van der Waals surface area contributed by atoms with Gasteiger partial charge in [0.05, 0.1) is 12.7 Å². The van der Waals surface area contributed by atoms with E-state index in [9.17, 15) is 9.59 Å². The highest BCUT2D eigenvalue weighted by atomic mass is 16.5. The van der Waals surface area contributed by atoms with Gasteiger partial charge >= 0.3 is 12.0 Å². The lowest BCUT2D eigenvalue weighted by molar-refractivity contribution is 0.0600. The van der Waals surface area contributed by atoms with Crippen LogP contribution in [0.5, 0.6) is 0 Å². The molecule has 0 atom stereocenters. The Morgan fingerprint density at radius 1 is 1.00 bits per heavy atom. The lowest BCUT2D eigenvalue weighted by Crippen LogP contribution is -2.19. The van der Waals surface area contributed by atoms with Crippen LogP contribution in [0.2, 0.25) is 0 Å². The summed E-state index contributed by atoms with van der Waals surface area (Å²) in [7, 11) is 1.30. The van der Waals surface area contributed by atoms with Crippen LogP contribution in [-0.2, 0) is 4.74 Å². The average Bonchev–Trinajstić information content (AvgIpc) is 3.10. The average molecular weight is 337 g/mol. The highest BCUT2D eigenvalue weighted by Gasteiger charge is 2.11. The Labute approximate surface area is 143 Å². The van der Waals surface area contributed by atoms with Crippen LogP contribution in [0.15, 0.2) is 65.2 Å². The van der Waals surface area contributed by atoms with Crippen LogP contribution in [-0.4, -0.2) is 24.3 Å². The third-order valence-corrected chi connectivity index (χ3v) is 3.35. The highest BCUT2D eigenvalue weighted by molar-refractivity contribution is 6.00. The fourth-order valence-electron chi connectivity index (χ4n) is 2.19. The maximum absolute atomic E-state index is 12.1. The van der Waals surface area contributed by atoms with Gasteiger partial charge in [0.15, 0.2) is 11.6 Å². The SMILES string of the molecule is COC(=O)c1cccc(NC(=O)Nc2cc(-c3ccccc3)on2)c1. The second-order valence-electron chi connectivity index (χ2n) is 5.09. The fraction of sp³-hybridized carbons (Fsp3) is 0.0556. The van der Waals surface area contributed by atoms with Crippen molar-refractivity contribution >= 4 is 23.5 Å². The van der Waals surface area contributed by atoms with Crippen molar-refractivity contribution < 1.29 is 18.8 Å². The topological polar surface area (TPSA) is 93.5 Å². The van der Waals surface area contributed by atoms with Crippen LogP contribution < -0.4 is 10.6 Å². The molecule has 0 aliphatic rings. The molecule has 0 radical (unpaired) electrons. The summed E-state index contributed by atoms with van der Waals surface area (Å²) in [6.07, 6.45) is 0. The van der Waals surface area contributed by atoms with Gasteiger partial charge in [0.25, 0.3) is 0 Å². The summed E-state index contributed by atoms with van der Waals surface area (Å²) >= 11 is 0. The molecule has 25 heavy (non-hydrogen) atoms. The summed E-state index contributed by atoms with van der Waals surface area (Å²) in [5.41, 5.74) is 1.65. The first kappa shape index (κ1) is 16.3. The van der Waals surface area contributed by atoms with Crippen molar-refractivity contribution in [1.82, 2.24) is 5.16 Å². The summed E-state index contributed by atoms with van der Waals surface area (Å²) in [4.78, 5) is 23.6. The third-order valence-electron chi connectivity index (χ3n) is 3.35. The maximum atomic E-state index is 12.1. The summed E-state index contributed by atoms with van der Waals surface area (Å²) in [6, 6.07) is 16.9. The zero-order valence-corrected chi connectivity index (χ0v) is 13.4. The minimum Gasteiger partial charge on any atom is -0.465 e. The van der Waals surface area contributed by atoms with E-state index in [0.717, 1.165) is 5.56 Å². The van der Waals surface area contributed by atoms with Gasteiger partial charge in [0.2, 0.25) is 0 Å². The van der Waals surface area contributed by atoms with Crippen molar-refractivity contribution in [1.29, 1.82) is 0 Å². The van der Waals surface area contributed by atoms with Crippen LogP contribution in [0.4, 0.5) is 16.3 Å². The van der Waals surface area contributed by atoms with Crippen LogP contribution in [0.1, 0.15) is 10.4 Å². The maximum Gasteiger partial charge on any atom is 0.337 e. The molecule has 126 valence electrons. The van der Waals surface area contributed by atoms with E-state index in [1.807, 2.05) is 30.3 Å². The number of urea groups is 1. The summed E-state index contributed by atoms with van der Waals surface area (Å²) in [5.74, 6) is 0.345. The Kier molecular flexibility index (Phi) is 4.75. The van der Waals surface area contributed by atoms with E-state index >= 15 is 0 Å². The van der Waals surface area contributed by atoms with Crippen LogP contribution in [0, 0.1) is 0 Å². The van der Waals surface area contributed by atoms with E-state index in [1.165, 1.54) is 13.2 Å². The molecule has 1 heterocycles. The van der Waals surface area contributed by atoms with Crippen LogP contribution >= 0.6 is 0 Å².